The van der Waals surface area contributed by atoms with Crippen molar-refractivity contribution in [2.24, 2.45) is 11.8 Å². The lowest BCUT2D eigenvalue weighted by Crippen LogP contribution is -2.39. The molecule has 34 heavy (non-hydrogen) atoms. The Morgan fingerprint density at radius 3 is 2.32 bits per heavy atom. The van der Waals surface area contributed by atoms with Crippen LogP contribution in [0.2, 0.25) is 0 Å². The average Bonchev–Trinajstić information content (AvgIpc) is 3.13. The summed E-state index contributed by atoms with van der Waals surface area (Å²) in [6.07, 6.45) is -3.70. The molecule has 2 atom stereocenters. The minimum atomic E-state index is -4.55. The second kappa shape index (κ2) is 9.84. The topological polar surface area (TPSA) is 84.9 Å². The van der Waals surface area contributed by atoms with Gasteiger partial charge in [-0.25, -0.2) is 0 Å². The smallest absolute Gasteiger partial charge is 0.416 e. The summed E-state index contributed by atoms with van der Waals surface area (Å²) in [5.41, 5.74) is -0.647. The van der Waals surface area contributed by atoms with Crippen LogP contribution in [0.15, 0.2) is 18.2 Å². The van der Waals surface area contributed by atoms with Crippen LogP contribution >= 0.6 is 0 Å². The molecule has 0 spiro atoms. The molecule has 1 N–H and O–H groups in total. The Bertz CT molecular complexity index is 934. The summed E-state index contributed by atoms with van der Waals surface area (Å²) in [7, 11) is 0. The quantitative estimate of drug-likeness (QED) is 0.507. The highest BCUT2D eigenvalue weighted by Crippen LogP contribution is 2.41. The maximum atomic E-state index is 13.5. The molecule has 7 nitrogen and oxygen atoms in total. The van der Waals surface area contributed by atoms with Gasteiger partial charge in [-0.2, -0.15) is 13.2 Å². The number of piperidine rings is 1. The van der Waals surface area contributed by atoms with E-state index in [1.165, 1.54) is 6.07 Å². The Morgan fingerprint density at radius 1 is 1.12 bits per heavy atom. The second-order valence-electron chi connectivity index (χ2n) is 9.65. The van der Waals surface area contributed by atoms with Crippen LogP contribution in [0, 0.1) is 11.8 Å². The molecule has 2 aliphatic rings. The van der Waals surface area contributed by atoms with Crippen LogP contribution in [-0.2, 0) is 30.0 Å². The molecular formula is C24H31F3N2O5. The number of amides is 1. The Hall–Kier alpha value is -2.78. The highest BCUT2D eigenvalue weighted by molar-refractivity contribution is 6.01. The van der Waals surface area contributed by atoms with E-state index in [0.717, 1.165) is 12.1 Å². The molecule has 1 amide bonds. The van der Waals surface area contributed by atoms with E-state index in [1.54, 1.807) is 32.6 Å². The third kappa shape index (κ3) is 5.82. The summed E-state index contributed by atoms with van der Waals surface area (Å²) >= 11 is 0. The Labute approximate surface area is 197 Å². The fraction of sp³-hybridized carbons (Fsp3) is 0.625. The van der Waals surface area contributed by atoms with Gasteiger partial charge in [0.25, 0.3) is 0 Å². The predicted octanol–water partition coefficient (Wildman–Crippen LogP) is 3.66. The molecule has 2 aliphatic heterocycles. The fourth-order valence-corrected chi connectivity index (χ4v) is 4.46. The number of carbonyl (C=O) groups excluding carboxylic acids is 3. The number of nitrogens with zero attached hydrogens (tertiary/aromatic N) is 1. The molecule has 0 saturated carbocycles. The van der Waals surface area contributed by atoms with Crippen LogP contribution in [0.25, 0.3) is 0 Å². The molecule has 1 aromatic carbocycles. The number of carbonyl (C=O) groups is 3. The van der Waals surface area contributed by atoms with Gasteiger partial charge in [-0.3, -0.25) is 14.4 Å². The summed E-state index contributed by atoms with van der Waals surface area (Å²) in [6, 6.07) is 3.38. The van der Waals surface area contributed by atoms with Gasteiger partial charge in [-0.05, 0) is 58.2 Å². The number of ether oxygens (including phenoxy) is 2. The molecule has 0 aromatic heterocycles. The number of hydrogen-bond donors (Lipinski definition) is 1. The van der Waals surface area contributed by atoms with Gasteiger partial charge in [-0.15, -0.1) is 0 Å². The van der Waals surface area contributed by atoms with Crippen LogP contribution in [0.1, 0.15) is 57.6 Å². The second-order valence-corrected chi connectivity index (χ2v) is 9.65. The predicted molar refractivity (Wildman–Crippen MR) is 118 cm³/mol. The Balaban J connectivity index is 1.90. The van der Waals surface area contributed by atoms with E-state index in [4.69, 9.17) is 9.47 Å². The molecule has 188 valence electrons. The van der Waals surface area contributed by atoms with E-state index in [0.29, 0.717) is 37.2 Å². The number of esters is 2. The van der Waals surface area contributed by atoms with E-state index >= 15 is 0 Å². The molecular weight excluding hydrogens is 453 g/mol. The zero-order valence-electron chi connectivity index (χ0n) is 19.8. The van der Waals surface area contributed by atoms with Gasteiger partial charge in [0.05, 0.1) is 18.1 Å². The molecule has 2 heterocycles. The Morgan fingerprint density at radius 2 is 1.76 bits per heavy atom. The highest BCUT2D eigenvalue weighted by Gasteiger charge is 2.44. The zero-order chi connectivity index (χ0) is 25.3. The number of alkyl halides is 3. The van der Waals surface area contributed by atoms with Crippen molar-refractivity contribution < 1.29 is 37.0 Å². The van der Waals surface area contributed by atoms with Crippen molar-refractivity contribution in [2.75, 3.05) is 31.1 Å². The number of nitrogens with one attached hydrogen (secondary N) is 1. The first-order valence-corrected chi connectivity index (χ1v) is 11.4. The maximum absolute atomic E-state index is 13.5. The van der Waals surface area contributed by atoms with Crippen LogP contribution in [0.4, 0.5) is 18.9 Å². The van der Waals surface area contributed by atoms with E-state index in [1.807, 2.05) is 0 Å². The lowest BCUT2D eigenvalue weighted by atomic mass is 9.85. The number of halogens is 3. The molecule has 0 radical (unpaired) electrons. The van der Waals surface area contributed by atoms with Gasteiger partial charge in [-0.1, -0.05) is 6.07 Å². The standard InChI is InChI=1S/C24H31F3N2O5/c1-5-33-22(32)19-17(13-28-20(19)30)16-7-6-15(24(25,26)27)12-18(16)29-10-8-14(9-11-29)21(31)34-23(2,3)4/h6-7,12,14,17,19H,5,8-11,13H2,1-4H3,(H,28,30)/t17-,19?/m1/s1. The maximum Gasteiger partial charge on any atom is 0.416 e. The number of benzene rings is 1. The number of rotatable bonds is 5. The van der Waals surface area contributed by atoms with Gasteiger partial charge >= 0.3 is 18.1 Å². The molecule has 0 aliphatic carbocycles. The van der Waals surface area contributed by atoms with Gasteiger partial charge in [0, 0.05) is 31.2 Å². The van der Waals surface area contributed by atoms with E-state index < -0.39 is 41.1 Å². The van der Waals surface area contributed by atoms with Crippen molar-refractivity contribution in [1.82, 2.24) is 5.32 Å². The number of anilines is 1. The summed E-state index contributed by atoms with van der Waals surface area (Å²) in [5, 5.41) is 2.63. The van der Waals surface area contributed by atoms with Gasteiger partial charge in [0.2, 0.25) is 5.91 Å². The van der Waals surface area contributed by atoms with Crippen molar-refractivity contribution in [1.29, 1.82) is 0 Å². The van der Waals surface area contributed by atoms with Crippen molar-refractivity contribution >= 4 is 23.5 Å². The van der Waals surface area contributed by atoms with Crippen LogP contribution in [-0.4, -0.2) is 49.7 Å². The van der Waals surface area contributed by atoms with Crippen LogP contribution in [0.5, 0.6) is 0 Å². The fourth-order valence-electron chi connectivity index (χ4n) is 4.46. The highest BCUT2D eigenvalue weighted by atomic mass is 19.4. The lowest BCUT2D eigenvalue weighted by Gasteiger charge is -2.36. The summed E-state index contributed by atoms with van der Waals surface area (Å²) < 4.78 is 51.1. The minimum absolute atomic E-state index is 0.0907. The Kier molecular flexibility index (Phi) is 7.47. The normalized spacial score (nSPS) is 21.9. The summed E-state index contributed by atoms with van der Waals surface area (Å²) in [5.74, 6) is -3.65. The summed E-state index contributed by atoms with van der Waals surface area (Å²) in [4.78, 5) is 39.1. The van der Waals surface area contributed by atoms with Gasteiger partial charge < -0.3 is 19.7 Å². The first kappa shape index (κ1) is 25.8. The van der Waals surface area contributed by atoms with E-state index in [-0.39, 0.29) is 25.0 Å². The summed E-state index contributed by atoms with van der Waals surface area (Å²) in [6.45, 7) is 7.87. The third-order valence-corrected chi connectivity index (χ3v) is 6.05. The van der Waals surface area contributed by atoms with Crippen molar-refractivity contribution in [2.45, 2.75) is 58.2 Å². The lowest BCUT2D eigenvalue weighted by molar-refractivity contribution is -0.160. The monoisotopic (exact) mass is 484 g/mol. The van der Waals surface area contributed by atoms with Gasteiger partial charge in [0.1, 0.15) is 11.5 Å². The first-order chi connectivity index (χ1) is 15.8. The molecule has 2 saturated heterocycles. The molecule has 0 bridgehead atoms. The minimum Gasteiger partial charge on any atom is -0.465 e. The van der Waals surface area contributed by atoms with Gasteiger partial charge in [0.15, 0.2) is 0 Å². The molecule has 2 fully saturated rings. The molecule has 3 rings (SSSR count). The molecule has 1 aromatic rings. The van der Waals surface area contributed by atoms with Crippen molar-refractivity contribution in [3.8, 4) is 0 Å². The molecule has 1 unspecified atom stereocenters. The SMILES string of the molecule is CCOC(=O)C1C(=O)NC[C@@H]1c1ccc(C(F)(F)F)cc1N1CCC(C(=O)OC(C)(C)C)CC1. The van der Waals surface area contributed by atoms with Crippen LogP contribution in [0.3, 0.4) is 0 Å². The van der Waals surface area contributed by atoms with E-state index in [2.05, 4.69) is 5.32 Å². The number of hydrogen-bond acceptors (Lipinski definition) is 6. The van der Waals surface area contributed by atoms with E-state index in [9.17, 15) is 27.6 Å². The van der Waals surface area contributed by atoms with Crippen molar-refractivity contribution in [3.05, 3.63) is 29.3 Å². The first-order valence-electron chi connectivity index (χ1n) is 11.4. The zero-order valence-corrected chi connectivity index (χ0v) is 19.8. The molecule has 10 heteroatoms. The van der Waals surface area contributed by atoms with Crippen LogP contribution < -0.4 is 10.2 Å². The third-order valence-electron chi connectivity index (χ3n) is 6.05. The average molecular weight is 485 g/mol. The van der Waals surface area contributed by atoms with Crippen molar-refractivity contribution in [3.63, 3.8) is 0 Å². The largest absolute Gasteiger partial charge is 0.465 e.